The van der Waals surface area contributed by atoms with Gasteiger partial charge < -0.3 is 20.1 Å². The first kappa shape index (κ1) is 19.0. The molecule has 0 radical (unpaired) electrons. The molecule has 0 atom stereocenters. The van der Waals surface area contributed by atoms with Crippen molar-refractivity contribution in [1.82, 2.24) is 0 Å². The summed E-state index contributed by atoms with van der Waals surface area (Å²) in [5, 5.41) is 5.36. The fraction of sp³-hybridized carbons (Fsp3) is 0.0909. The van der Waals surface area contributed by atoms with Gasteiger partial charge in [-0.25, -0.2) is 0 Å². The van der Waals surface area contributed by atoms with E-state index in [0.717, 1.165) is 5.75 Å². The van der Waals surface area contributed by atoms with Crippen LogP contribution in [0.2, 0.25) is 0 Å². The molecule has 0 saturated heterocycles. The summed E-state index contributed by atoms with van der Waals surface area (Å²) in [5.41, 5.74) is 1.18. The van der Waals surface area contributed by atoms with E-state index in [1.807, 2.05) is 30.3 Å². The van der Waals surface area contributed by atoms with Crippen molar-refractivity contribution in [2.45, 2.75) is 6.42 Å². The van der Waals surface area contributed by atoms with Crippen molar-refractivity contribution in [3.8, 4) is 17.2 Å². The molecular formula is C22H20N2O4. The Kier molecular flexibility index (Phi) is 6.25. The minimum absolute atomic E-state index is 0.283. The third-order valence-corrected chi connectivity index (χ3v) is 3.81. The zero-order valence-electron chi connectivity index (χ0n) is 15.3. The number of anilines is 2. The molecule has 0 aliphatic heterocycles. The van der Waals surface area contributed by atoms with Gasteiger partial charge in [0.05, 0.1) is 7.11 Å². The molecule has 0 aromatic heterocycles. The van der Waals surface area contributed by atoms with Gasteiger partial charge in [-0.05, 0) is 60.7 Å². The highest BCUT2D eigenvalue weighted by molar-refractivity contribution is 6.08. The molecule has 28 heavy (non-hydrogen) atoms. The molecule has 142 valence electrons. The number of carbonyl (C=O) groups excluding carboxylic acids is 2. The van der Waals surface area contributed by atoms with Crippen LogP contribution in [0.15, 0.2) is 78.9 Å². The topological polar surface area (TPSA) is 76.7 Å². The lowest BCUT2D eigenvalue weighted by Gasteiger charge is -2.09. The monoisotopic (exact) mass is 376 g/mol. The average molecular weight is 376 g/mol. The van der Waals surface area contributed by atoms with Crippen LogP contribution in [0, 0.1) is 0 Å². The summed E-state index contributed by atoms with van der Waals surface area (Å²) in [4.78, 5) is 24.1. The van der Waals surface area contributed by atoms with Gasteiger partial charge in [0.1, 0.15) is 23.7 Å². The molecule has 0 bridgehead atoms. The van der Waals surface area contributed by atoms with Crippen LogP contribution in [-0.2, 0) is 9.59 Å². The predicted octanol–water partition coefficient (Wildman–Crippen LogP) is 4.45. The molecular weight excluding hydrogens is 356 g/mol. The molecule has 0 unspecified atom stereocenters. The van der Waals surface area contributed by atoms with Crippen LogP contribution in [0.1, 0.15) is 6.42 Å². The number of hydrogen-bond donors (Lipinski definition) is 2. The van der Waals surface area contributed by atoms with Gasteiger partial charge >= 0.3 is 0 Å². The maximum Gasteiger partial charge on any atom is 0.233 e. The van der Waals surface area contributed by atoms with Crippen LogP contribution < -0.4 is 20.1 Å². The molecule has 6 heteroatoms. The fourth-order valence-electron chi connectivity index (χ4n) is 2.46. The predicted molar refractivity (Wildman–Crippen MR) is 108 cm³/mol. The van der Waals surface area contributed by atoms with Gasteiger partial charge in [-0.1, -0.05) is 18.2 Å². The SMILES string of the molecule is COc1ccc(NC(=O)CC(=O)Nc2ccc(Oc3ccccc3)cc2)cc1. The molecule has 0 saturated carbocycles. The van der Waals surface area contributed by atoms with Gasteiger partial charge in [-0.3, -0.25) is 9.59 Å². The molecule has 0 fully saturated rings. The van der Waals surface area contributed by atoms with Crippen LogP contribution in [-0.4, -0.2) is 18.9 Å². The van der Waals surface area contributed by atoms with Crippen LogP contribution in [0.25, 0.3) is 0 Å². The molecule has 3 aromatic rings. The van der Waals surface area contributed by atoms with E-state index in [1.165, 1.54) is 0 Å². The minimum Gasteiger partial charge on any atom is -0.497 e. The summed E-state index contributed by atoms with van der Waals surface area (Å²) in [6, 6.07) is 23.2. The second-order valence-corrected chi connectivity index (χ2v) is 5.94. The summed E-state index contributed by atoms with van der Waals surface area (Å²) in [5.74, 6) is 1.28. The van der Waals surface area contributed by atoms with Gasteiger partial charge in [-0.2, -0.15) is 0 Å². The Morgan fingerprint density at radius 3 is 1.64 bits per heavy atom. The number of nitrogens with one attached hydrogen (secondary N) is 2. The number of carbonyl (C=O) groups is 2. The van der Waals surface area contributed by atoms with Crippen LogP contribution in [0.4, 0.5) is 11.4 Å². The number of methoxy groups -OCH3 is 1. The average Bonchev–Trinajstić information content (AvgIpc) is 2.70. The number of benzene rings is 3. The maximum absolute atomic E-state index is 12.1. The van der Waals surface area contributed by atoms with Crippen molar-refractivity contribution in [1.29, 1.82) is 0 Å². The lowest BCUT2D eigenvalue weighted by Crippen LogP contribution is -2.21. The van der Waals surface area contributed by atoms with Crippen molar-refractivity contribution in [3.05, 3.63) is 78.9 Å². The van der Waals surface area contributed by atoms with E-state index in [9.17, 15) is 9.59 Å². The van der Waals surface area contributed by atoms with Crippen molar-refractivity contribution in [3.63, 3.8) is 0 Å². The molecule has 3 rings (SSSR count). The summed E-state index contributed by atoms with van der Waals surface area (Å²) in [7, 11) is 1.57. The van der Waals surface area contributed by atoms with E-state index < -0.39 is 11.8 Å². The van der Waals surface area contributed by atoms with Gasteiger partial charge in [0.25, 0.3) is 0 Å². The van der Waals surface area contributed by atoms with Crippen molar-refractivity contribution >= 4 is 23.2 Å². The van der Waals surface area contributed by atoms with Gasteiger partial charge in [0.2, 0.25) is 11.8 Å². The number of hydrogen-bond acceptors (Lipinski definition) is 4. The van der Waals surface area contributed by atoms with Crippen LogP contribution >= 0.6 is 0 Å². The van der Waals surface area contributed by atoms with E-state index >= 15 is 0 Å². The molecule has 0 aliphatic rings. The lowest BCUT2D eigenvalue weighted by atomic mass is 10.2. The van der Waals surface area contributed by atoms with E-state index in [4.69, 9.17) is 9.47 Å². The third-order valence-electron chi connectivity index (χ3n) is 3.81. The molecule has 0 heterocycles. The zero-order valence-corrected chi connectivity index (χ0v) is 15.3. The van der Waals surface area contributed by atoms with E-state index in [0.29, 0.717) is 22.9 Å². The Hall–Kier alpha value is -3.80. The molecule has 0 spiro atoms. The highest BCUT2D eigenvalue weighted by atomic mass is 16.5. The first-order valence-electron chi connectivity index (χ1n) is 8.69. The Morgan fingerprint density at radius 1 is 0.679 bits per heavy atom. The lowest BCUT2D eigenvalue weighted by molar-refractivity contribution is -0.123. The molecule has 2 N–H and O–H groups in total. The summed E-state index contributed by atoms with van der Waals surface area (Å²) < 4.78 is 10.8. The minimum atomic E-state index is -0.400. The number of para-hydroxylation sites is 1. The summed E-state index contributed by atoms with van der Waals surface area (Å²) in [6.07, 6.45) is -0.283. The molecule has 2 amide bonds. The van der Waals surface area contributed by atoms with Crippen molar-refractivity contribution < 1.29 is 19.1 Å². The second-order valence-electron chi connectivity index (χ2n) is 5.94. The van der Waals surface area contributed by atoms with Gasteiger partial charge in [0.15, 0.2) is 0 Å². The summed E-state index contributed by atoms with van der Waals surface area (Å²) in [6.45, 7) is 0. The number of amides is 2. The molecule has 6 nitrogen and oxygen atoms in total. The van der Waals surface area contributed by atoms with Gasteiger partial charge in [0, 0.05) is 11.4 Å². The van der Waals surface area contributed by atoms with E-state index in [2.05, 4.69) is 10.6 Å². The largest absolute Gasteiger partial charge is 0.497 e. The highest BCUT2D eigenvalue weighted by Crippen LogP contribution is 2.22. The van der Waals surface area contributed by atoms with E-state index in [-0.39, 0.29) is 6.42 Å². The fourth-order valence-corrected chi connectivity index (χ4v) is 2.46. The number of ether oxygens (including phenoxy) is 2. The standard InChI is InChI=1S/C22H20N2O4/c1-27-18-11-7-16(8-12-18)23-21(25)15-22(26)24-17-9-13-20(14-10-17)28-19-5-3-2-4-6-19/h2-14H,15H2,1H3,(H,23,25)(H,24,26). The zero-order chi connectivity index (χ0) is 19.8. The highest BCUT2D eigenvalue weighted by Gasteiger charge is 2.10. The van der Waals surface area contributed by atoms with Crippen molar-refractivity contribution in [2.75, 3.05) is 17.7 Å². The Labute approximate surface area is 163 Å². The maximum atomic E-state index is 12.1. The Balaban J connectivity index is 1.49. The van der Waals surface area contributed by atoms with E-state index in [1.54, 1.807) is 55.6 Å². The Morgan fingerprint density at radius 2 is 1.14 bits per heavy atom. The van der Waals surface area contributed by atoms with Crippen LogP contribution in [0.3, 0.4) is 0 Å². The van der Waals surface area contributed by atoms with Crippen molar-refractivity contribution in [2.24, 2.45) is 0 Å². The van der Waals surface area contributed by atoms with Crippen LogP contribution in [0.5, 0.6) is 17.2 Å². The third kappa shape index (κ3) is 5.60. The summed E-state index contributed by atoms with van der Waals surface area (Å²) >= 11 is 0. The second kappa shape index (κ2) is 9.23. The van der Waals surface area contributed by atoms with Gasteiger partial charge in [-0.15, -0.1) is 0 Å². The number of rotatable bonds is 7. The quantitative estimate of drug-likeness (QED) is 0.597. The molecule has 0 aliphatic carbocycles. The normalized spacial score (nSPS) is 10.0. The Bertz CT molecular complexity index is 923. The first-order valence-corrected chi connectivity index (χ1v) is 8.69. The first-order chi connectivity index (χ1) is 13.6. The molecule has 3 aromatic carbocycles. The smallest absolute Gasteiger partial charge is 0.233 e.